The number of hydrogen-bond acceptors (Lipinski definition) is 1. The van der Waals surface area contributed by atoms with Crippen LogP contribution in [-0.2, 0) is 4.74 Å². The van der Waals surface area contributed by atoms with Crippen molar-refractivity contribution in [2.45, 2.75) is 77.7 Å². The van der Waals surface area contributed by atoms with E-state index in [1.165, 1.54) is 57.8 Å². The van der Waals surface area contributed by atoms with Crippen molar-refractivity contribution in [3.05, 3.63) is 0 Å². The Morgan fingerprint density at radius 3 is 2.56 bits per heavy atom. The van der Waals surface area contributed by atoms with E-state index in [4.69, 9.17) is 4.74 Å². The van der Waals surface area contributed by atoms with Crippen LogP contribution in [0.2, 0.25) is 0 Å². The van der Waals surface area contributed by atoms with Crippen LogP contribution in [0, 0.1) is 11.3 Å². The zero-order valence-corrected chi connectivity index (χ0v) is 11.1. The molecule has 1 saturated heterocycles. The lowest BCUT2D eigenvalue weighted by Gasteiger charge is -2.41. The van der Waals surface area contributed by atoms with Crippen molar-refractivity contribution in [2.75, 3.05) is 6.61 Å². The van der Waals surface area contributed by atoms with Crippen LogP contribution < -0.4 is 0 Å². The van der Waals surface area contributed by atoms with E-state index in [1.54, 1.807) is 0 Å². The van der Waals surface area contributed by atoms with Crippen molar-refractivity contribution in [2.24, 2.45) is 11.3 Å². The molecule has 0 amide bonds. The molecule has 0 radical (unpaired) electrons. The van der Waals surface area contributed by atoms with Gasteiger partial charge in [0.1, 0.15) is 0 Å². The maximum absolute atomic E-state index is 6.17. The van der Waals surface area contributed by atoms with Crippen LogP contribution in [0.15, 0.2) is 0 Å². The standard InChI is InChI=1S/C15H28O/c1-13-9-5-3-7-11-15(13,2)14-10-6-4-8-12-16-14/h13-14H,3-12H2,1-2H3. The molecule has 0 bridgehead atoms. The highest BCUT2D eigenvalue weighted by Gasteiger charge is 2.40. The summed E-state index contributed by atoms with van der Waals surface area (Å²) in [6, 6.07) is 0. The fraction of sp³-hybridized carbons (Fsp3) is 1.00. The molecular formula is C15H28O. The summed E-state index contributed by atoms with van der Waals surface area (Å²) in [5.74, 6) is 0.845. The van der Waals surface area contributed by atoms with E-state index in [9.17, 15) is 0 Å². The van der Waals surface area contributed by atoms with Crippen LogP contribution in [0.1, 0.15) is 71.6 Å². The van der Waals surface area contributed by atoms with Crippen LogP contribution in [0.5, 0.6) is 0 Å². The summed E-state index contributed by atoms with van der Waals surface area (Å²) < 4.78 is 6.17. The summed E-state index contributed by atoms with van der Waals surface area (Å²) in [4.78, 5) is 0. The molecular weight excluding hydrogens is 196 g/mol. The highest BCUT2D eigenvalue weighted by molar-refractivity contribution is 4.90. The molecule has 0 aromatic heterocycles. The minimum Gasteiger partial charge on any atom is -0.378 e. The zero-order chi connectivity index (χ0) is 11.4. The molecule has 1 aliphatic carbocycles. The minimum atomic E-state index is 0.459. The molecule has 1 saturated carbocycles. The van der Waals surface area contributed by atoms with Gasteiger partial charge < -0.3 is 4.74 Å². The summed E-state index contributed by atoms with van der Waals surface area (Å²) in [7, 11) is 0. The molecule has 1 heterocycles. The predicted molar refractivity (Wildman–Crippen MR) is 68.6 cm³/mol. The summed E-state index contributed by atoms with van der Waals surface area (Å²) in [6.45, 7) is 5.96. The quantitative estimate of drug-likeness (QED) is 0.594. The van der Waals surface area contributed by atoms with Gasteiger partial charge in [-0.2, -0.15) is 0 Å². The van der Waals surface area contributed by atoms with Crippen molar-refractivity contribution in [1.29, 1.82) is 0 Å². The predicted octanol–water partition coefficient (Wildman–Crippen LogP) is 4.55. The molecule has 2 aliphatic rings. The van der Waals surface area contributed by atoms with E-state index in [0.29, 0.717) is 11.5 Å². The third-order valence-electron chi connectivity index (χ3n) is 5.14. The lowest BCUT2D eigenvalue weighted by Crippen LogP contribution is -2.39. The number of hydrogen-bond donors (Lipinski definition) is 0. The van der Waals surface area contributed by atoms with Gasteiger partial charge in [0.2, 0.25) is 0 Å². The van der Waals surface area contributed by atoms with Crippen LogP contribution in [0.4, 0.5) is 0 Å². The first-order valence-electron chi connectivity index (χ1n) is 7.35. The van der Waals surface area contributed by atoms with Gasteiger partial charge in [0, 0.05) is 6.61 Å². The molecule has 0 aromatic rings. The maximum atomic E-state index is 6.17. The number of ether oxygens (including phenoxy) is 1. The van der Waals surface area contributed by atoms with Crippen LogP contribution >= 0.6 is 0 Å². The lowest BCUT2D eigenvalue weighted by atomic mass is 9.69. The largest absolute Gasteiger partial charge is 0.378 e. The molecule has 16 heavy (non-hydrogen) atoms. The van der Waals surface area contributed by atoms with Gasteiger partial charge in [0.15, 0.2) is 0 Å². The smallest absolute Gasteiger partial charge is 0.0631 e. The van der Waals surface area contributed by atoms with E-state index in [0.717, 1.165) is 12.5 Å². The first-order valence-corrected chi connectivity index (χ1v) is 7.35. The van der Waals surface area contributed by atoms with E-state index in [1.807, 2.05) is 0 Å². The molecule has 94 valence electrons. The molecule has 0 spiro atoms. The van der Waals surface area contributed by atoms with Gasteiger partial charge in [-0.1, -0.05) is 52.4 Å². The first-order chi connectivity index (χ1) is 7.73. The Bertz CT molecular complexity index is 205. The Balaban J connectivity index is 2.06. The Morgan fingerprint density at radius 1 is 0.938 bits per heavy atom. The topological polar surface area (TPSA) is 9.23 Å². The van der Waals surface area contributed by atoms with Crippen LogP contribution in [0.3, 0.4) is 0 Å². The Morgan fingerprint density at radius 2 is 1.69 bits per heavy atom. The average Bonchev–Trinajstić information content (AvgIpc) is 2.63. The summed E-state index contributed by atoms with van der Waals surface area (Å²) in [6.07, 6.45) is 13.0. The first kappa shape index (κ1) is 12.4. The Kier molecular flexibility index (Phi) is 4.29. The molecule has 3 unspecified atom stereocenters. The second-order valence-corrected chi connectivity index (χ2v) is 6.21. The van der Waals surface area contributed by atoms with E-state index >= 15 is 0 Å². The summed E-state index contributed by atoms with van der Waals surface area (Å²) >= 11 is 0. The summed E-state index contributed by atoms with van der Waals surface area (Å²) in [5, 5.41) is 0. The lowest BCUT2D eigenvalue weighted by molar-refractivity contribution is -0.0600. The second kappa shape index (κ2) is 5.53. The molecule has 3 atom stereocenters. The minimum absolute atomic E-state index is 0.459. The average molecular weight is 224 g/mol. The van der Waals surface area contributed by atoms with Gasteiger partial charge in [0.05, 0.1) is 6.10 Å². The fourth-order valence-corrected chi connectivity index (χ4v) is 3.63. The molecule has 1 nitrogen and oxygen atoms in total. The van der Waals surface area contributed by atoms with E-state index in [2.05, 4.69) is 13.8 Å². The highest BCUT2D eigenvalue weighted by Crippen LogP contribution is 2.45. The van der Waals surface area contributed by atoms with Crippen molar-refractivity contribution in [3.8, 4) is 0 Å². The highest BCUT2D eigenvalue weighted by atomic mass is 16.5. The van der Waals surface area contributed by atoms with Gasteiger partial charge in [0.25, 0.3) is 0 Å². The van der Waals surface area contributed by atoms with Gasteiger partial charge in [-0.05, 0) is 30.6 Å². The molecule has 1 heteroatoms. The number of rotatable bonds is 1. The van der Waals surface area contributed by atoms with Crippen molar-refractivity contribution in [3.63, 3.8) is 0 Å². The van der Waals surface area contributed by atoms with E-state index in [-0.39, 0.29) is 0 Å². The normalized spacial score (nSPS) is 42.4. The molecule has 2 rings (SSSR count). The van der Waals surface area contributed by atoms with Crippen molar-refractivity contribution in [1.82, 2.24) is 0 Å². The third-order valence-corrected chi connectivity index (χ3v) is 5.14. The van der Waals surface area contributed by atoms with Crippen LogP contribution in [-0.4, -0.2) is 12.7 Å². The fourth-order valence-electron chi connectivity index (χ4n) is 3.63. The summed E-state index contributed by atoms with van der Waals surface area (Å²) in [5.41, 5.74) is 0.459. The monoisotopic (exact) mass is 224 g/mol. The van der Waals surface area contributed by atoms with Crippen molar-refractivity contribution >= 4 is 0 Å². The van der Waals surface area contributed by atoms with Gasteiger partial charge in [-0.25, -0.2) is 0 Å². The second-order valence-electron chi connectivity index (χ2n) is 6.21. The Hall–Kier alpha value is -0.0400. The molecule has 0 N–H and O–H groups in total. The van der Waals surface area contributed by atoms with Crippen molar-refractivity contribution < 1.29 is 4.74 Å². The van der Waals surface area contributed by atoms with Crippen LogP contribution in [0.25, 0.3) is 0 Å². The molecule has 2 fully saturated rings. The molecule has 0 aromatic carbocycles. The van der Waals surface area contributed by atoms with E-state index < -0.39 is 0 Å². The maximum Gasteiger partial charge on any atom is 0.0631 e. The third kappa shape index (κ3) is 2.61. The zero-order valence-electron chi connectivity index (χ0n) is 11.1. The van der Waals surface area contributed by atoms with Gasteiger partial charge in [-0.15, -0.1) is 0 Å². The van der Waals surface area contributed by atoms with Gasteiger partial charge >= 0.3 is 0 Å². The van der Waals surface area contributed by atoms with Gasteiger partial charge in [-0.3, -0.25) is 0 Å². The molecule has 1 aliphatic heterocycles. The Labute approximate surface area is 101 Å². The SMILES string of the molecule is CC1CCCCCC1(C)C1CCCCCO1.